The zero-order valence-electron chi connectivity index (χ0n) is 18.4. The average Bonchev–Trinajstić information content (AvgIpc) is 3.27. The normalized spacial score (nSPS) is 30.4. The second kappa shape index (κ2) is 7.29. The molecule has 1 aromatic heterocycles. The Morgan fingerprint density at radius 3 is 2.44 bits per heavy atom. The van der Waals surface area contributed by atoms with Crippen LogP contribution >= 0.6 is 0 Å². The van der Waals surface area contributed by atoms with Gasteiger partial charge in [-0.15, -0.1) is 10.2 Å². The lowest BCUT2D eigenvalue weighted by atomic mass is 9.43. The predicted octanol–water partition coefficient (Wildman–Crippen LogP) is 5.63. The molecule has 3 aromatic rings. The average molecular weight is 429 g/mol. The molecule has 4 bridgehead atoms. The van der Waals surface area contributed by atoms with Crippen molar-refractivity contribution in [1.82, 2.24) is 10.2 Å². The molecule has 0 spiro atoms. The quantitative estimate of drug-likeness (QED) is 0.493. The van der Waals surface area contributed by atoms with E-state index in [1.165, 1.54) is 30.4 Å². The summed E-state index contributed by atoms with van der Waals surface area (Å²) < 4.78 is 11.6. The van der Waals surface area contributed by atoms with Crippen molar-refractivity contribution >= 4 is 5.97 Å². The molecule has 5 heteroatoms. The molecule has 4 aliphatic carbocycles. The summed E-state index contributed by atoms with van der Waals surface area (Å²) in [6.45, 7) is 2.16. The molecule has 2 unspecified atom stereocenters. The van der Waals surface area contributed by atoms with Crippen molar-refractivity contribution in [3.05, 3.63) is 71.6 Å². The van der Waals surface area contributed by atoms with Crippen molar-refractivity contribution < 1.29 is 13.9 Å². The number of ether oxygens (including phenoxy) is 1. The molecule has 1 heterocycles. The minimum Gasteiger partial charge on any atom is -0.455 e. The standard InChI is InChI=1S/C27H28N2O3/c1-18-7-9-22(10-8-18)26-12-19-11-20(13-26)15-27(14-19,17-26)25(30)31-16-23-28-29-24(32-23)21-5-3-2-4-6-21/h2-10,19-20H,11-17H2,1H3/t19-,20+,26?,27?. The van der Waals surface area contributed by atoms with Gasteiger partial charge in [0.25, 0.3) is 5.89 Å². The van der Waals surface area contributed by atoms with Gasteiger partial charge in [0.15, 0.2) is 6.61 Å². The molecule has 0 N–H and O–H groups in total. The van der Waals surface area contributed by atoms with Gasteiger partial charge in [0.05, 0.1) is 5.41 Å². The molecule has 0 amide bonds. The first-order chi connectivity index (χ1) is 15.5. The van der Waals surface area contributed by atoms with E-state index < -0.39 is 0 Å². The largest absolute Gasteiger partial charge is 0.455 e. The van der Waals surface area contributed by atoms with Gasteiger partial charge in [-0.25, -0.2) is 0 Å². The third-order valence-electron chi connectivity index (χ3n) is 7.97. The maximum atomic E-state index is 13.5. The monoisotopic (exact) mass is 428 g/mol. The molecular formula is C27H28N2O3. The van der Waals surface area contributed by atoms with E-state index in [0.29, 0.717) is 23.6 Å². The number of hydrogen-bond donors (Lipinski definition) is 0. The van der Waals surface area contributed by atoms with Crippen LogP contribution in [0.2, 0.25) is 0 Å². The van der Waals surface area contributed by atoms with E-state index in [1.807, 2.05) is 30.3 Å². The van der Waals surface area contributed by atoms with Gasteiger partial charge in [0.2, 0.25) is 5.89 Å². The maximum Gasteiger partial charge on any atom is 0.312 e. The molecule has 4 aliphatic rings. The molecular weight excluding hydrogens is 400 g/mol. The number of rotatable bonds is 5. The number of hydrogen-bond acceptors (Lipinski definition) is 5. The Bertz CT molecular complexity index is 1120. The van der Waals surface area contributed by atoms with Crippen LogP contribution in [0.25, 0.3) is 11.5 Å². The first kappa shape index (κ1) is 19.7. The zero-order valence-corrected chi connectivity index (χ0v) is 18.4. The van der Waals surface area contributed by atoms with Gasteiger partial charge in [-0.2, -0.15) is 0 Å². The first-order valence-electron chi connectivity index (χ1n) is 11.7. The van der Waals surface area contributed by atoms with Crippen molar-refractivity contribution in [3.63, 3.8) is 0 Å². The van der Waals surface area contributed by atoms with E-state index in [0.717, 1.165) is 24.8 Å². The molecule has 4 fully saturated rings. The Hall–Kier alpha value is -2.95. The van der Waals surface area contributed by atoms with Gasteiger partial charge in [0, 0.05) is 5.56 Å². The van der Waals surface area contributed by atoms with Crippen molar-refractivity contribution in [2.75, 3.05) is 0 Å². The smallest absolute Gasteiger partial charge is 0.312 e. The number of aromatic nitrogens is 2. The van der Waals surface area contributed by atoms with Gasteiger partial charge >= 0.3 is 5.97 Å². The number of aryl methyl sites for hydroxylation is 1. The fraction of sp³-hybridized carbons (Fsp3) is 0.444. The molecule has 7 rings (SSSR count). The Morgan fingerprint density at radius 1 is 1.00 bits per heavy atom. The Kier molecular flexibility index (Phi) is 4.49. The summed E-state index contributed by atoms with van der Waals surface area (Å²) in [5, 5.41) is 8.19. The predicted molar refractivity (Wildman–Crippen MR) is 120 cm³/mol. The van der Waals surface area contributed by atoms with Crippen LogP contribution in [0.5, 0.6) is 0 Å². The Morgan fingerprint density at radius 2 is 1.72 bits per heavy atom. The van der Waals surface area contributed by atoms with Crippen molar-refractivity contribution in [2.24, 2.45) is 17.3 Å². The van der Waals surface area contributed by atoms with Crippen LogP contribution in [0, 0.1) is 24.2 Å². The number of carbonyl (C=O) groups is 1. The molecule has 0 radical (unpaired) electrons. The third-order valence-corrected chi connectivity index (χ3v) is 7.97. The van der Waals surface area contributed by atoms with Crippen molar-refractivity contribution in [1.29, 1.82) is 0 Å². The number of esters is 1. The van der Waals surface area contributed by atoms with Crippen LogP contribution in [-0.2, 0) is 21.6 Å². The highest BCUT2D eigenvalue weighted by Gasteiger charge is 2.61. The summed E-state index contributed by atoms with van der Waals surface area (Å²) in [6.07, 6.45) is 6.46. The maximum absolute atomic E-state index is 13.5. The molecule has 4 saturated carbocycles. The zero-order chi connectivity index (χ0) is 21.8. The van der Waals surface area contributed by atoms with Crippen LogP contribution in [0.1, 0.15) is 55.5 Å². The first-order valence-corrected chi connectivity index (χ1v) is 11.7. The highest BCUT2D eigenvalue weighted by Crippen LogP contribution is 2.66. The second-order valence-electron chi connectivity index (χ2n) is 10.3. The van der Waals surface area contributed by atoms with E-state index in [4.69, 9.17) is 9.15 Å². The van der Waals surface area contributed by atoms with E-state index in [2.05, 4.69) is 41.4 Å². The lowest BCUT2D eigenvalue weighted by molar-refractivity contribution is -0.176. The fourth-order valence-corrected chi connectivity index (χ4v) is 7.04. The van der Waals surface area contributed by atoms with E-state index in [1.54, 1.807) is 0 Å². The summed E-state index contributed by atoms with van der Waals surface area (Å²) in [4.78, 5) is 13.5. The number of benzene rings is 2. The summed E-state index contributed by atoms with van der Waals surface area (Å²) in [5.74, 6) is 1.93. The van der Waals surface area contributed by atoms with Gasteiger partial charge in [-0.3, -0.25) is 4.79 Å². The van der Waals surface area contributed by atoms with Crippen molar-refractivity contribution in [2.45, 2.75) is 57.5 Å². The topological polar surface area (TPSA) is 65.2 Å². The summed E-state index contributed by atoms with van der Waals surface area (Å²) in [6, 6.07) is 18.6. The minimum absolute atomic E-state index is 0.0350. The SMILES string of the molecule is Cc1ccc(C23C[C@@H]4C[C@@H](CC(C(=O)OCc5nnc(-c6ccccc6)o5)(C4)C2)C3)cc1. The Labute approximate surface area is 188 Å². The molecule has 4 atom stereocenters. The van der Waals surface area contributed by atoms with Gasteiger partial charge in [0.1, 0.15) is 0 Å². The highest BCUT2D eigenvalue weighted by molar-refractivity contribution is 5.78. The van der Waals surface area contributed by atoms with Crippen LogP contribution in [0.15, 0.2) is 59.0 Å². The fourth-order valence-electron chi connectivity index (χ4n) is 7.04. The van der Waals surface area contributed by atoms with Crippen LogP contribution in [0.4, 0.5) is 0 Å². The molecule has 2 aromatic carbocycles. The van der Waals surface area contributed by atoms with Gasteiger partial charge < -0.3 is 9.15 Å². The lowest BCUT2D eigenvalue weighted by Crippen LogP contribution is -2.57. The molecule has 32 heavy (non-hydrogen) atoms. The molecule has 0 aliphatic heterocycles. The molecule has 0 saturated heterocycles. The van der Waals surface area contributed by atoms with E-state index in [9.17, 15) is 4.79 Å². The lowest BCUT2D eigenvalue weighted by Gasteiger charge is -2.61. The summed E-state index contributed by atoms with van der Waals surface area (Å²) in [7, 11) is 0. The van der Waals surface area contributed by atoms with E-state index >= 15 is 0 Å². The summed E-state index contributed by atoms with van der Waals surface area (Å²) >= 11 is 0. The highest BCUT2D eigenvalue weighted by atomic mass is 16.5. The van der Waals surface area contributed by atoms with Crippen LogP contribution in [-0.4, -0.2) is 16.2 Å². The van der Waals surface area contributed by atoms with E-state index in [-0.39, 0.29) is 23.4 Å². The van der Waals surface area contributed by atoms with Crippen molar-refractivity contribution in [3.8, 4) is 11.5 Å². The van der Waals surface area contributed by atoms with Crippen LogP contribution < -0.4 is 0 Å². The Balaban J connectivity index is 1.20. The van der Waals surface area contributed by atoms with Crippen LogP contribution in [0.3, 0.4) is 0 Å². The second-order valence-corrected chi connectivity index (χ2v) is 10.3. The summed E-state index contributed by atoms with van der Waals surface area (Å²) in [5.41, 5.74) is 3.28. The third kappa shape index (κ3) is 3.26. The molecule has 5 nitrogen and oxygen atoms in total. The van der Waals surface area contributed by atoms with Gasteiger partial charge in [-0.05, 0) is 80.4 Å². The number of nitrogens with zero attached hydrogens (tertiary/aromatic N) is 2. The molecule has 164 valence electrons. The van der Waals surface area contributed by atoms with Gasteiger partial charge in [-0.1, -0.05) is 48.0 Å². The minimum atomic E-state index is -0.378. The number of carbonyl (C=O) groups excluding carboxylic acids is 1.